The molecule has 42 heavy (non-hydrogen) atoms. The maximum Gasteiger partial charge on any atom is 0.342 e. The molecule has 0 saturated carbocycles. The summed E-state index contributed by atoms with van der Waals surface area (Å²) >= 11 is 0. The molecule has 0 unspecified atom stereocenters. The maximum atomic E-state index is 12.8. The number of benzene rings is 3. The fraction of sp³-hybridized carbons (Fsp3) is 0.200. The van der Waals surface area contributed by atoms with Crippen LogP contribution in [0, 0.1) is 10.1 Å². The van der Waals surface area contributed by atoms with E-state index in [-0.39, 0.29) is 35.0 Å². The number of non-ortho nitro benzene ring substituents is 1. The maximum absolute atomic E-state index is 12.8. The smallest absolute Gasteiger partial charge is 0.342 e. The predicted octanol–water partition coefficient (Wildman–Crippen LogP) is 1.92. The van der Waals surface area contributed by atoms with Crippen LogP contribution in [-0.2, 0) is 34.3 Å². The largest absolute Gasteiger partial charge is 0.507 e. The lowest BCUT2D eigenvalue weighted by molar-refractivity contribution is -0.384. The summed E-state index contributed by atoms with van der Waals surface area (Å²) in [5.41, 5.74) is -0.538. The first-order valence-electron chi connectivity index (χ1n) is 12.1. The van der Waals surface area contributed by atoms with Gasteiger partial charge in [-0.15, -0.1) is 0 Å². The first-order chi connectivity index (χ1) is 19.9. The van der Waals surface area contributed by atoms with Gasteiger partial charge < -0.3 is 19.9 Å². The Kier molecular flexibility index (Phi) is 9.05. The average Bonchev–Trinajstić information content (AvgIpc) is 2.97. The Hall–Kier alpha value is -4.58. The van der Waals surface area contributed by atoms with Crippen molar-refractivity contribution in [3.63, 3.8) is 0 Å². The molecule has 222 valence electrons. The van der Waals surface area contributed by atoms with Crippen LogP contribution in [0.15, 0.2) is 76.5 Å². The van der Waals surface area contributed by atoms with Crippen molar-refractivity contribution in [3.05, 3.63) is 82.4 Å². The fourth-order valence-corrected chi connectivity index (χ4v) is 6.26. The normalized spacial score (nSPS) is 14.1. The van der Waals surface area contributed by atoms with Crippen LogP contribution in [-0.4, -0.2) is 76.0 Å². The first kappa shape index (κ1) is 30.4. The van der Waals surface area contributed by atoms with E-state index >= 15 is 0 Å². The van der Waals surface area contributed by atoms with Gasteiger partial charge in [-0.2, -0.15) is 4.31 Å². The number of carbonyl (C=O) groups is 2. The molecule has 0 aromatic heterocycles. The zero-order valence-electron chi connectivity index (χ0n) is 21.6. The zero-order chi connectivity index (χ0) is 30.5. The predicted molar refractivity (Wildman–Crippen MR) is 147 cm³/mol. The zero-order valence-corrected chi connectivity index (χ0v) is 23.3. The molecule has 0 atom stereocenters. The Morgan fingerprint density at radius 3 is 2.14 bits per heavy atom. The van der Waals surface area contributed by atoms with E-state index in [1.807, 2.05) is 0 Å². The molecule has 1 heterocycles. The van der Waals surface area contributed by atoms with Crippen molar-refractivity contribution in [1.29, 1.82) is 0 Å². The number of carbonyl (C=O) groups excluding carboxylic acids is 2. The number of sulfonamides is 2. The summed E-state index contributed by atoms with van der Waals surface area (Å²) in [6.07, 6.45) is 0. The van der Waals surface area contributed by atoms with Crippen LogP contribution >= 0.6 is 0 Å². The molecule has 3 aromatic rings. The van der Waals surface area contributed by atoms with Crippen LogP contribution in [0.1, 0.15) is 10.4 Å². The van der Waals surface area contributed by atoms with Gasteiger partial charge in [0.1, 0.15) is 11.3 Å². The van der Waals surface area contributed by atoms with Gasteiger partial charge >= 0.3 is 5.97 Å². The highest BCUT2D eigenvalue weighted by Gasteiger charge is 2.26. The number of ether oxygens (including phenoxy) is 2. The number of nitro benzene ring substituents is 1. The van der Waals surface area contributed by atoms with E-state index in [9.17, 15) is 41.6 Å². The van der Waals surface area contributed by atoms with Crippen molar-refractivity contribution < 1.29 is 45.9 Å². The Morgan fingerprint density at radius 2 is 1.52 bits per heavy atom. The lowest BCUT2D eigenvalue weighted by atomic mass is 10.2. The number of hydrogen-bond donors (Lipinski definition) is 3. The highest BCUT2D eigenvalue weighted by atomic mass is 32.2. The molecule has 15 nitrogen and oxygen atoms in total. The number of phenolic OH excluding ortho intramolecular Hbond substituents is 1. The molecule has 4 rings (SSSR count). The van der Waals surface area contributed by atoms with E-state index in [1.54, 1.807) is 0 Å². The fourth-order valence-electron chi connectivity index (χ4n) is 3.76. The molecule has 3 aromatic carbocycles. The number of hydrogen-bond acceptors (Lipinski definition) is 11. The van der Waals surface area contributed by atoms with E-state index in [2.05, 4.69) is 10.0 Å². The number of nitrogens with one attached hydrogen (secondary N) is 2. The number of rotatable bonds is 10. The van der Waals surface area contributed by atoms with Gasteiger partial charge in [-0.1, -0.05) is 0 Å². The number of aromatic hydroxyl groups is 1. The van der Waals surface area contributed by atoms with Gasteiger partial charge in [-0.3, -0.25) is 19.6 Å². The van der Waals surface area contributed by atoms with E-state index in [4.69, 9.17) is 9.47 Å². The van der Waals surface area contributed by atoms with E-state index in [0.717, 1.165) is 30.3 Å². The van der Waals surface area contributed by atoms with Gasteiger partial charge in [0.15, 0.2) is 6.61 Å². The molecule has 0 spiro atoms. The number of amides is 1. The molecule has 0 radical (unpaired) electrons. The Labute approximate surface area is 239 Å². The molecule has 1 fully saturated rings. The van der Waals surface area contributed by atoms with Crippen LogP contribution in [0.25, 0.3) is 0 Å². The lowest BCUT2D eigenvalue weighted by Crippen LogP contribution is -2.40. The summed E-state index contributed by atoms with van der Waals surface area (Å²) in [4.78, 5) is 34.6. The van der Waals surface area contributed by atoms with Crippen molar-refractivity contribution >= 4 is 49.0 Å². The third-order valence-corrected chi connectivity index (χ3v) is 9.20. The second-order valence-electron chi connectivity index (χ2n) is 8.75. The van der Waals surface area contributed by atoms with Crippen molar-refractivity contribution in [3.8, 4) is 5.75 Å². The molecular weight excluding hydrogens is 596 g/mol. The highest BCUT2D eigenvalue weighted by molar-refractivity contribution is 7.92. The first-order valence-corrected chi connectivity index (χ1v) is 15.0. The van der Waals surface area contributed by atoms with Crippen LogP contribution in [0.4, 0.5) is 17.1 Å². The minimum atomic E-state index is -4.28. The van der Waals surface area contributed by atoms with Crippen molar-refractivity contribution in [2.45, 2.75) is 9.79 Å². The summed E-state index contributed by atoms with van der Waals surface area (Å²) in [6.45, 7) is 0.246. The number of nitrogens with zero attached hydrogens (tertiary/aromatic N) is 2. The second-order valence-corrected chi connectivity index (χ2v) is 12.4. The molecule has 1 aliphatic heterocycles. The minimum absolute atomic E-state index is 0.0150. The Morgan fingerprint density at radius 1 is 0.929 bits per heavy atom. The molecule has 17 heteroatoms. The molecule has 3 N–H and O–H groups in total. The number of morpholine rings is 1. The third-order valence-electron chi connectivity index (χ3n) is 5.91. The summed E-state index contributed by atoms with van der Waals surface area (Å²) < 4.78 is 64.5. The average molecular weight is 621 g/mol. The van der Waals surface area contributed by atoms with Crippen LogP contribution in [0.5, 0.6) is 5.75 Å². The van der Waals surface area contributed by atoms with Crippen molar-refractivity contribution in [2.75, 3.05) is 42.9 Å². The molecular formula is C25H24N4O11S2. The van der Waals surface area contributed by atoms with Gasteiger partial charge in [-0.25, -0.2) is 21.6 Å². The molecule has 0 bridgehead atoms. The van der Waals surface area contributed by atoms with Gasteiger partial charge in [0.25, 0.3) is 21.6 Å². The van der Waals surface area contributed by atoms with Crippen molar-refractivity contribution in [1.82, 2.24) is 4.31 Å². The highest BCUT2D eigenvalue weighted by Crippen LogP contribution is 2.25. The number of anilines is 2. The number of phenols is 1. The number of esters is 1. The summed E-state index contributed by atoms with van der Waals surface area (Å²) in [6, 6.07) is 12.8. The van der Waals surface area contributed by atoms with E-state index < -0.39 is 59.7 Å². The molecule has 0 aliphatic carbocycles. The summed E-state index contributed by atoms with van der Waals surface area (Å²) in [7, 11) is -8.01. The Balaban J connectivity index is 1.36. The standard InChI is InChI=1S/C25H24N4O11S2/c30-23-10-9-21(41(35,36)27-18-1-5-19(6-2-18)29(33)34)15-22(23)25(32)40-16-24(31)26-17-3-7-20(8-4-17)42(37,38)28-11-13-39-14-12-28/h1-10,15,27,30H,11-14,16H2,(H,26,31). The minimum Gasteiger partial charge on any atom is -0.507 e. The van der Waals surface area contributed by atoms with Gasteiger partial charge in [0, 0.05) is 36.6 Å². The Bertz CT molecular complexity index is 1700. The molecule has 1 amide bonds. The second kappa shape index (κ2) is 12.5. The van der Waals surface area contributed by atoms with Crippen molar-refractivity contribution in [2.24, 2.45) is 0 Å². The molecule has 1 aliphatic rings. The monoisotopic (exact) mass is 620 g/mol. The number of nitro groups is 1. The SMILES string of the molecule is O=C(COC(=O)c1cc(S(=O)(=O)Nc2ccc([N+](=O)[O-])cc2)ccc1O)Nc1ccc(S(=O)(=O)N2CCOCC2)cc1. The quantitative estimate of drug-likeness (QED) is 0.169. The molecule has 1 saturated heterocycles. The van der Waals surface area contributed by atoms with E-state index in [1.165, 1.54) is 40.7 Å². The lowest BCUT2D eigenvalue weighted by Gasteiger charge is -2.26. The topological polar surface area (TPSA) is 212 Å². The van der Waals surface area contributed by atoms with E-state index in [0.29, 0.717) is 13.2 Å². The van der Waals surface area contributed by atoms with Gasteiger partial charge in [0.05, 0.1) is 27.9 Å². The summed E-state index contributed by atoms with van der Waals surface area (Å²) in [5, 5.41) is 23.3. The van der Waals surface area contributed by atoms with Crippen LogP contribution < -0.4 is 10.0 Å². The van der Waals surface area contributed by atoms with Crippen LogP contribution in [0.2, 0.25) is 0 Å². The third kappa shape index (κ3) is 7.19. The van der Waals surface area contributed by atoms with Gasteiger partial charge in [-0.05, 0) is 54.6 Å². The van der Waals surface area contributed by atoms with Gasteiger partial charge in [0.2, 0.25) is 10.0 Å². The van der Waals surface area contributed by atoms with Crippen LogP contribution in [0.3, 0.4) is 0 Å². The summed E-state index contributed by atoms with van der Waals surface area (Å²) in [5.74, 6) is -2.58.